The summed E-state index contributed by atoms with van der Waals surface area (Å²) in [6, 6.07) is 20.5. The number of amides is 1. The predicted octanol–water partition coefficient (Wildman–Crippen LogP) is 3.91. The molecule has 0 saturated carbocycles. The van der Waals surface area contributed by atoms with Gasteiger partial charge in [0.1, 0.15) is 0 Å². The second-order valence-electron chi connectivity index (χ2n) is 6.88. The van der Waals surface area contributed by atoms with Crippen molar-refractivity contribution in [3.63, 3.8) is 0 Å². The molecule has 0 bridgehead atoms. The zero-order valence-corrected chi connectivity index (χ0v) is 16.7. The third-order valence-corrected chi connectivity index (χ3v) is 5.97. The molecule has 6 heteroatoms. The molecule has 3 aromatic rings. The second-order valence-corrected chi connectivity index (χ2v) is 8.21. The first kappa shape index (κ1) is 18.6. The molecule has 1 N–H and O–H groups in total. The monoisotopic (exact) mass is 392 g/mol. The Hall–Kier alpha value is -2.73. The lowest BCUT2D eigenvalue weighted by Crippen LogP contribution is -2.50. The molecule has 28 heavy (non-hydrogen) atoms. The fourth-order valence-electron chi connectivity index (χ4n) is 3.43. The highest BCUT2D eigenvalue weighted by Crippen LogP contribution is 2.26. The number of rotatable bonds is 5. The number of para-hydroxylation sites is 1. The Morgan fingerprint density at radius 1 is 1.00 bits per heavy atom. The number of hydrogen-bond donors (Lipinski definition) is 1. The summed E-state index contributed by atoms with van der Waals surface area (Å²) in [6.07, 6.45) is 1.83. The summed E-state index contributed by atoms with van der Waals surface area (Å²) >= 11 is 1.49. The smallest absolute Gasteiger partial charge is 0.236 e. The number of aromatic amines is 1. The van der Waals surface area contributed by atoms with Crippen LogP contribution in [0.3, 0.4) is 0 Å². The van der Waals surface area contributed by atoms with Crippen LogP contribution in [-0.4, -0.2) is 52.2 Å². The highest BCUT2D eigenvalue weighted by atomic mass is 32.2. The maximum absolute atomic E-state index is 12.9. The van der Waals surface area contributed by atoms with E-state index in [1.165, 1.54) is 17.4 Å². The zero-order valence-electron chi connectivity index (χ0n) is 15.9. The van der Waals surface area contributed by atoms with Crippen LogP contribution in [0.25, 0.3) is 11.3 Å². The SMILES string of the molecule is CC(Sc1ncc(-c2ccccc2)[nH]1)C(=O)N1CCN(c2ccccc2)CC1. The number of nitrogens with zero attached hydrogens (tertiary/aromatic N) is 3. The minimum Gasteiger partial charge on any atom is -0.368 e. The van der Waals surface area contributed by atoms with Crippen LogP contribution < -0.4 is 4.90 Å². The average molecular weight is 393 g/mol. The van der Waals surface area contributed by atoms with Gasteiger partial charge in [0.15, 0.2) is 5.16 Å². The van der Waals surface area contributed by atoms with Crippen molar-refractivity contribution in [1.82, 2.24) is 14.9 Å². The van der Waals surface area contributed by atoms with Gasteiger partial charge < -0.3 is 14.8 Å². The van der Waals surface area contributed by atoms with Crippen LogP contribution in [0.1, 0.15) is 6.92 Å². The minimum atomic E-state index is -0.168. The van der Waals surface area contributed by atoms with Crippen LogP contribution in [0.5, 0.6) is 0 Å². The van der Waals surface area contributed by atoms with Gasteiger partial charge >= 0.3 is 0 Å². The van der Waals surface area contributed by atoms with E-state index in [9.17, 15) is 4.79 Å². The number of anilines is 1. The first-order valence-corrected chi connectivity index (χ1v) is 10.4. The van der Waals surface area contributed by atoms with E-state index in [2.05, 4.69) is 39.1 Å². The van der Waals surface area contributed by atoms with Crippen LogP contribution in [-0.2, 0) is 4.79 Å². The van der Waals surface area contributed by atoms with Crippen molar-refractivity contribution < 1.29 is 4.79 Å². The molecule has 0 radical (unpaired) electrons. The van der Waals surface area contributed by atoms with Crippen molar-refractivity contribution in [2.24, 2.45) is 0 Å². The molecule has 5 nitrogen and oxygen atoms in total. The number of nitrogens with one attached hydrogen (secondary N) is 1. The van der Waals surface area contributed by atoms with E-state index >= 15 is 0 Å². The topological polar surface area (TPSA) is 52.2 Å². The molecule has 1 aliphatic rings. The molecule has 1 fully saturated rings. The summed E-state index contributed by atoms with van der Waals surface area (Å²) in [5.41, 5.74) is 3.29. The van der Waals surface area contributed by atoms with Crippen molar-refractivity contribution in [3.8, 4) is 11.3 Å². The number of H-pyrrole nitrogens is 1. The van der Waals surface area contributed by atoms with E-state index in [0.717, 1.165) is 42.6 Å². The van der Waals surface area contributed by atoms with Crippen molar-refractivity contribution in [3.05, 3.63) is 66.9 Å². The van der Waals surface area contributed by atoms with E-state index in [0.29, 0.717) is 0 Å². The number of thioether (sulfide) groups is 1. The Balaban J connectivity index is 1.32. The number of benzene rings is 2. The van der Waals surface area contributed by atoms with E-state index in [1.54, 1.807) is 0 Å². The summed E-state index contributed by atoms with van der Waals surface area (Å²) in [6.45, 7) is 5.21. The molecule has 2 aromatic carbocycles. The van der Waals surface area contributed by atoms with Gasteiger partial charge in [0.25, 0.3) is 0 Å². The third kappa shape index (κ3) is 4.22. The summed E-state index contributed by atoms with van der Waals surface area (Å²) in [5, 5.41) is 0.612. The fraction of sp³-hybridized carbons (Fsp3) is 0.273. The highest BCUT2D eigenvalue weighted by Gasteiger charge is 2.26. The minimum absolute atomic E-state index is 0.168. The maximum Gasteiger partial charge on any atom is 0.236 e. The van der Waals surface area contributed by atoms with Crippen LogP contribution in [0.15, 0.2) is 72.0 Å². The lowest BCUT2D eigenvalue weighted by atomic mass is 10.2. The molecule has 144 valence electrons. The molecule has 1 atom stereocenters. The number of carbonyl (C=O) groups excluding carboxylic acids is 1. The maximum atomic E-state index is 12.9. The Kier molecular flexibility index (Phi) is 5.67. The Morgan fingerprint density at radius 2 is 1.64 bits per heavy atom. The number of hydrogen-bond acceptors (Lipinski definition) is 4. The van der Waals surface area contributed by atoms with E-state index < -0.39 is 0 Å². The van der Waals surface area contributed by atoms with Gasteiger partial charge in [-0.05, 0) is 24.6 Å². The largest absolute Gasteiger partial charge is 0.368 e. The van der Waals surface area contributed by atoms with E-state index in [4.69, 9.17) is 0 Å². The van der Waals surface area contributed by atoms with Crippen molar-refractivity contribution >= 4 is 23.4 Å². The van der Waals surface area contributed by atoms with Crippen molar-refractivity contribution in [1.29, 1.82) is 0 Å². The second kappa shape index (κ2) is 8.52. The number of aromatic nitrogens is 2. The standard InChI is InChI=1S/C22H24N4OS/c1-17(28-22-23-16-20(24-22)18-8-4-2-5-9-18)21(27)26-14-12-25(13-15-26)19-10-6-3-7-11-19/h2-11,16-17H,12-15H2,1H3,(H,23,24). The summed E-state index contributed by atoms with van der Waals surface area (Å²) in [7, 11) is 0. The van der Waals surface area contributed by atoms with Gasteiger partial charge in [-0.3, -0.25) is 4.79 Å². The molecule has 1 amide bonds. The molecule has 0 spiro atoms. The lowest BCUT2D eigenvalue weighted by molar-refractivity contribution is -0.130. The molecule has 0 aliphatic carbocycles. The predicted molar refractivity (Wildman–Crippen MR) is 115 cm³/mol. The fourth-order valence-corrected chi connectivity index (χ4v) is 4.29. The van der Waals surface area contributed by atoms with E-state index in [1.807, 2.05) is 54.4 Å². The van der Waals surface area contributed by atoms with Crippen LogP contribution in [0.2, 0.25) is 0 Å². The number of imidazole rings is 1. The number of piperazine rings is 1. The molecular weight excluding hydrogens is 368 g/mol. The Bertz CT molecular complexity index is 905. The van der Waals surface area contributed by atoms with Gasteiger partial charge in [-0.1, -0.05) is 60.3 Å². The summed E-state index contributed by atoms with van der Waals surface area (Å²) in [5.74, 6) is 0.176. The third-order valence-electron chi connectivity index (χ3n) is 4.99. The van der Waals surface area contributed by atoms with Crippen LogP contribution in [0.4, 0.5) is 5.69 Å². The van der Waals surface area contributed by atoms with Gasteiger partial charge in [-0.25, -0.2) is 4.98 Å². The van der Waals surface area contributed by atoms with Crippen LogP contribution >= 0.6 is 11.8 Å². The zero-order chi connectivity index (χ0) is 19.3. The van der Waals surface area contributed by atoms with Crippen molar-refractivity contribution in [2.45, 2.75) is 17.3 Å². The van der Waals surface area contributed by atoms with Gasteiger partial charge in [0.05, 0.1) is 17.1 Å². The highest BCUT2D eigenvalue weighted by molar-refractivity contribution is 8.00. The molecule has 1 aliphatic heterocycles. The van der Waals surface area contributed by atoms with Gasteiger partial charge in [0.2, 0.25) is 5.91 Å². The van der Waals surface area contributed by atoms with Gasteiger partial charge in [0, 0.05) is 31.9 Å². The summed E-state index contributed by atoms with van der Waals surface area (Å²) < 4.78 is 0. The van der Waals surface area contributed by atoms with Crippen LogP contribution in [0, 0.1) is 0 Å². The molecular formula is C22H24N4OS. The molecule has 1 aromatic heterocycles. The van der Waals surface area contributed by atoms with Gasteiger partial charge in [-0.2, -0.15) is 0 Å². The van der Waals surface area contributed by atoms with Crippen molar-refractivity contribution in [2.75, 3.05) is 31.1 Å². The molecule has 1 saturated heterocycles. The average Bonchev–Trinajstić information content (AvgIpc) is 3.23. The lowest BCUT2D eigenvalue weighted by Gasteiger charge is -2.37. The normalized spacial score (nSPS) is 15.5. The molecule has 2 heterocycles. The Morgan fingerprint density at radius 3 is 2.32 bits per heavy atom. The van der Waals surface area contributed by atoms with E-state index in [-0.39, 0.29) is 11.2 Å². The number of carbonyl (C=O) groups is 1. The first-order valence-electron chi connectivity index (χ1n) is 9.56. The van der Waals surface area contributed by atoms with Gasteiger partial charge in [-0.15, -0.1) is 0 Å². The quantitative estimate of drug-likeness (QED) is 0.669. The first-order chi connectivity index (χ1) is 13.7. The Labute approximate surface area is 169 Å². The summed E-state index contributed by atoms with van der Waals surface area (Å²) in [4.78, 5) is 24.9. The molecule has 1 unspecified atom stereocenters. The molecule has 4 rings (SSSR count).